The molecule has 0 saturated carbocycles. The van der Waals surface area contributed by atoms with Crippen LogP contribution in [0.5, 0.6) is 0 Å². The van der Waals surface area contributed by atoms with Gasteiger partial charge in [0.15, 0.2) is 9.84 Å². The smallest absolute Gasteiger partial charge is 0.255 e. The second kappa shape index (κ2) is 7.29. The fourth-order valence-corrected chi connectivity index (χ4v) is 3.49. The first-order chi connectivity index (χ1) is 12.3. The van der Waals surface area contributed by atoms with Gasteiger partial charge in [0.1, 0.15) is 0 Å². The maximum Gasteiger partial charge on any atom is 0.255 e. The molecule has 3 rings (SSSR count). The Morgan fingerprint density at radius 1 is 0.885 bits per heavy atom. The molecular weight excluding hydrogens is 352 g/mol. The number of likely N-dealkylation sites (tertiary alicyclic amines) is 1. The molecule has 0 bridgehead atoms. The highest BCUT2D eigenvalue weighted by Crippen LogP contribution is 2.17. The summed E-state index contributed by atoms with van der Waals surface area (Å²) < 4.78 is 22.9. The van der Waals surface area contributed by atoms with Gasteiger partial charge in [-0.2, -0.15) is 0 Å². The van der Waals surface area contributed by atoms with Gasteiger partial charge in [-0.05, 0) is 61.4 Å². The first-order valence-corrected chi connectivity index (χ1v) is 10.2. The van der Waals surface area contributed by atoms with Gasteiger partial charge in [-0.25, -0.2) is 8.42 Å². The number of rotatable bonds is 4. The minimum absolute atomic E-state index is 0.0109. The van der Waals surface area contributed by atoms with E-state index in [1.165, 1.54) is 24.3 Å². The number of amides is 2. The Labute approximate surface area is 152 Å². The summed E-state index contributed by atoms with van der Waals surface area (Å²) in [5.74, 6) is -0.333. The molecule has 0 radical (unpaired) electrons. The van der Waals surface area contributed by atoms with Crippen LogP contribution in [0.1, 0.15) is 33.6 Å². The number of benzene rings is 2. The molecule has 1 fully saturated rings. The minimum atomic E-state index is -3.29. The van der Waals surface area contributed by atoms with Gasteiger partial charge in [-0.15, -0.1) is 0 Å². The Hall–Kier alpha value is -2.67. The summed E-state index contributed by atoms with van der Waals surface area (Å²) in [4.78, 5) is 26.6. The molecule has 0 spiro atoms. The molecule has 1 aliphatic rings. The summed E-state index contributed by atoms with van der Waals surface area (Å²) in [5.41, 5.74) is 1.53. The summed E-state index contributed by atoms with van der Waals surface area (Å²) in [7, 11) is -3.29. The van der Waals surface area contributed by atoms with Crippen molar-refractivity contribution in [2.75, 3.05) is 24.7 Å². The molecule has 2 aromatic carbocycles. The average Bonchev–Trinajstić information content (AvgIpc) is 3.16. The molecule has 7 heteroatoms. The highest BCUT2D eigenvalue weighted by molar-refractivity contribution is 7.90. The highest BCUT2D eigenvalue weighted by atomic mass is 32.2. The molecule has 1 heterocycles. The van der Waals surface area contributed by atoms with E-state index in [1.54, 1.807) is 24.3 Å². The van der Waals surface area contributed by atoms with Gasteiger partial charge in [0.05, 0.1) is 4.90 Å². The number of hydrogen-bond acceptors (Lipinski definition) is 4. The van der Waals surface area contributed by atoms with Gasteiger partial charge in [-0.3, -0.25) is 9.59 Å². The van der Waals surface area contributed by atoms with Crippen molar-refractivity contribution in [3.8, 4) is 0 Å². The van der Waals surface area contributed by atoms with E-state index in [0.29, 0.717) is 16.8 Å². The fourth-order valence-electron chi connectivity index (χ4n) is 2.86. The average molecular weight is 372 g/mol. The molecule has 26 heavy (non-hydrogen) atoms. The lowest BCUT2D eigenvalue weighted by Crippen LogP contribution is -2.27. The third kappa shape index (κ3) is 4.11. The molecule has 2 amide bonds. The Bertz CT molecular complexity index is 913. The first kappa shape index (κ1) is 18.1. The van der Waals surface area contributed by atoms with E-state index in [2.05, 4.69) is 5.32 Å². The number of sulfone groups is 1. The van der Waals surface area contributed by atoms with Crippen LogP contribution < -0.4 is 5.32 Å². The number of nitrogens with zero attached hydrogens (tertiary/aromatic N) is 1. The molecule has 136 valence electrons. The number of nitrogens with one attached hydrogen (secondary N) is 1. The number of carbonyl (C=O) groups is 2. The number of anilines is 1. The number of carbonyl (C=O) groups excluding carboxylic acids is 2. The predicted octanol–water partition coefficient (Wildman–Crippen LogP) is 2.58. The fraction of sp³-hybridized carbons (Fsp3) is 0.263. The van der Waals surface area contributed by atoms with Gasteiger partial charge in [0.25, 0.3) is 11.8 Å². The quantitative estimate of drug-likeness (QED) is 0.894. The van der Waals surface area contributed by atoms with Crippen molar-refractivity contribution in [2.24, 2.45) is 0 Å². The van der Waals surface area contributed by atoms with Gasteiger partial charge in [0.2, 0.25) is 0 Å². The van der Waals surface area contributed by atoms with Crippen LogP contribution in [-0.4, -0.2) is 44.5 Å². The molecule has 1 aliphatic heterocycles. The van der Waals surface area contributed by atoms with Crippen molar-refractivity contribution < 1.29 is 18.0 Å². The van der Waals surface area contributed by atoms with Crippen LogP contribution in [0.25, 0.3) is 0 Å². The van der Waals surface area contributed by atoms with Crippen molar-refractivity contribution >= 4 is 27.3 Å². The maximum atomic E-state index is 12.3. The zero-order chi connectivity index (χ0) is 18.7. The molecule has 1 saturated heterocycles. The Kier molecular flexibility index (Phi) is 5.08. The zero-order valence-corrected chi connectivity index (χ0v) is 15.3. The molecule has 0 aromatic heterocycles. The van der Waals surface area contributed by atoms with E-state index in [4.69, 9.17) is 0 Å². The molecule has 2 aromatic rings. The Balaban J connectivity index is 1.66. The van der Waals surface area contributed by atoms with Crippen molar-refractivity contribution in [1.29, 1.82) is 0 Å². The van der Waals surface area contributed by atoms with Crippen LogP contribution in [0, 0.1) is 0 Å². The topological polar surface area (TPSA) is 83.5 Å². The van der Waals surface area contributed by atoms with Crippen molar-refractivity contribution in [2.45, 2.75) is 17.7 Å². The lowest BCUT2D eigenvalue weighted by atomic mass is 10.1. The van der Waals surface area contributed by atoms with E-state index < -0.39 is 9.84 Å². The summed E-state index contributed by atoms with van der Waals surface area (Å²) in [5, 5.41) is 2.74. The molecule has 6 nitrogen and oxygen atoms in total. The van der Waals surface area contributed by atoms with E-state index >= 15 is 0 Å². The van der Waals surface area contributed by atoms with Crippen molar-refractivity contribution in [3.63, 3.8) is 0 Å². The summed E-state index contributed by atoms with van der Waals surface area (Å²) in [6.07, 6.45) is 3.20. The van der Waals surface area contributed by atoms with Crippen LogP contribution in [0.3, 0.4) is 0 Å². The van der Waals surface area contributed by atoms with E-state index in [1.807, 2.05) is 4.90 Å². The maximum absolute atomic E-state index is 12.3. The van der Waals surface area contributed by atoms with Crippen molar-refractivity contribution in [1.82, 2.24) is 4.90 Å². The largest absolute Gasteiger partial charge is 0.339 e. The lowest BCUT2D eigenvalue weighted by molar-refractivity contribution is 0.0792. The molecule has 1 N–H and O–H groups in total. The summed E-state index contributed by atoms with van der Waals surface area (Å²) in [6.45, 7) is 1.58. The molecule has 0 aliphatic carbocycles. The third-order valence-corrected chi connectivity index (χ3v) is 5.46. The van der Waals surface area contributed by atoms with Gasteiger partial charge in [-0.1, -0.05) is 0 Å². The van der Waals surface area contributed by atoms with Gasteiger partial charge >= 0.3 is 0 Å². The van der Waals surface area contributed by atoms with Crippen LogP contribution >= 0.6 is 0 Å². The Morgan fingerprint density at radius 3 is 1.96 bits per heavy atom. The van der Waals surface area contributed by atoms with Crippen LogP contribution in [0.4, 0.5) is 5.69 Å². The number of hydrogen-bond donors (Lipinski definition) is 1. The van der Waals surface area contributed by atoms with Crippen LogP contribution in [0.15, 0.2) is 53.4 Å². The normalized spacial score (nSPS) is 14.3. The molecule has 0 unspecified atom stereocenters. The monoisotopic (exact) mass is 372 g/mol. The van der Waals surface area contributed by atoms with Gasteiger partial charge in [0, 0.05) is 36.2 Å². The van der Waals surface area contributed by atoms with E-state index in [0.717, 1.165) is 32.2 Å². The second-order valence-electron chi connectivity index (χ2n) is 6.33. The molecule has 0 atom stereocenters. The molecular formula is C19H20N2O4S. The SMILES string of the molecule is CS(=O)(=O)c1ccc(C(=O)Nc2ccc(C(=O)N3CCCC3)cc2)cc1. The summed E-state index contributed by atoms with van der Waals surface area (Å²) >= 11 is 0. The zero-order valence-electron chi connectivity index (χ0n) is 14.4. The standard InChI is InChI=1S/C19H20N2O4S/c1-26(24,25)17-10-6-14(7-11-17)18(22)20-16-8-4-15(5-9-16)19(23)21-12-2-3-13-21/h4-11H,2-3,12-13H2,1H3,(H,20,22). The van der Waals surface area contributed by atoms with E-state index in [9.17, 15) is 18.0 Å². The van der Waals surface area contributed by atoms with Crippen LogP contribution in [0.2, 0.25) is 0 Å². The lowest BCUT2D eigenvalue weighted by Gasteiger charge is -2.15. The highest BCUT2D eigenvalue weighted by Gasteiger charge is 2.19. The summed E-state index contributed by atoms with van der Waals surface area (Å²) in [6, 6.07) is 12.5. The minimum Gasteiger partial charge on any atom is -0.339 e. The second-order valence-corrected chi connectivity index (χ2v) is 8.34. The van der Waals surface area contributed by atoms with Crippen molar-refractivity contribution in [3.05, 3.63) is 59.7 Å². The predicted molar refractivity (Wildman–Crippen MR) is 99.1 cm³/mol. The first-order valence-electron chi connectivity index (χ1n) is 8.35. The van der Waals surface area contributed by atoms with Gasteiger partial charge < -0.3 is 10.2 Å². The third-order valence-electron chi connectivity index (χ3n) is 4.33. The van der Waals surface area contributed by atoms with E-state index in [-0.39, 0.29) is 16.7 Å². The Morgan fingerprint density at radius 2 is 1.42 bits per heavy atom. The van der Waals surface area contributed by atoms with Crippen LogP contribution in [-0.2, 0) is 9.84 Å².